The van der Waals surface area contributed by atoms with E-state index in [-0.39, 0.29) is 5.70 Å². The maximum atomic E-state index is 11.9. The summed E-state index contributed by atoms with van der Waals surface area (Å²) >= 11 is 0. The van der Waals surface area contributed by atoms with Gasteiger partial charge in [0.2, 0.25) is 11.9 Å². The molecule has 2 aromatic heterocycles. The second-order valence-electron chi connectivity index (χ2n) is 7.43. The number of hydrogen-bond acceptors (Lipinski definition) is 7. The second kappa shape index (κ2) is 7.18. The molecule has 150 valence electrons. The Labute approximate surface area is 172 Å². The molecular formula is C19H19BN8O2. The smallest absolute Gasteiger partial charge is 0.326 e. The molecule has 1 saturated heterocycles. The topological polar surface area (TPSA) is 125 Å². The van der Waals surface area contributed by atoms with Gasteiger partial charge in [-0.3, -0.25) is 10.1 Å². The average Bonchev–Trinajstić information content (AvgIpc) is 3.36. The Bertz CT molecular complexity index is 1180. The highest BCUT2D eigenvalue weighted by Gasteiger charge is 2.25. The van der Waals surface area contributed by atoms with Crippen molar-refractivity contribution in [3.63, 3.8) is 0 Å². The van der Waals surface area contributed by atoms with Crippen molar-refractivity contribution in [3.8, 4) is 0 Å². The number of benzene rings is 1. The van der Waals surface area contributed by atoms with E-state index in [0.717, 1.165) is 18.4 Å². The van der Waals surface area contributed by atoms with Crippen molar-refractivity contribution in [2.24, 2.45) is 0 Å². The molecule has 2 aliphatic rings. The quantitative estimate of drug-likeness (QED) is 0.255. The Hall–Kier alpha value is -3.89. The number of urea groups is 1. The molecule has 4 N–H and O–H groups in total. The summed E-state index contributed by atoms with van der Waals surface area (Å²) in [5, 5.41) is 15.7. The number of carbonyl (C=O) groups excluding carboxylic acids is 2. The molecule has 2 fully saturated rings. The molecule has 10 nitrogen and oxygen atoms in total. The first-order chi connectivity index (χ1) is 14.5. The molecule has 3 aromatic rings. The Balaban J connectivity index is 1.49. The van der Waals surface area contributed by atoms with Gasteiger partial charge in [-0.25, -0.2) is 4.79 Å². The molecule has 0 radical (unpaired) electrons. The number of carbonyl (C=O) groups is 2. The van der Waals surface area contributed by atoms with Crippen molar-refractivity contribution in [1.82, 2.24) is 30.2 Å². The van der Waals surface area contributed by atoms with Crippen molar-refractivity contribution in [2.75, 3.05) is 10.6 Å². The summed E-state index contributed by atoms with van der Waals surface area (Å²) in [6.07, 6.45) is 5.32. The number of rotatable bonds is 6. The third kappa shape index (κ3) is 3.69. The van der Waals surface area contributed by atoms with Crippen LogP contribution in [0.15, 0.2) is 36.2 Å². The lowest BCUT2D eigenvalue weighted by Gasteiger charge is -2.10. The van der Waals surface area contributed by atoms with Crippen LogP contribution in [-0.2, 0) is 11.3 Å². The fourth-order valence-corrected chi connectivity index (χ4v) is 3.10. The fourth-order valence-electron chi connectivity index (χ4n) is 3.10. The highest BCUT2D eigenvalue weighted by atomic mass is 16.2. The van der Waals surface area contributed by atoms with E-state index in [1.165, 1.54) is 5.46 Å². The summed E-state index contributed by atoms with van der Waals surface area (Å²) in [5.74, 6) is 0.548. The molecule has 1 aliphatic heterocycles. The predicted octanol–water partition coefficient (Wildman–Crippen LogP) is -0.251. The van der Waals surface area contributed by atoms with Crippen LogP contribution in [0.1, 0.15) is 24.0 Å². The number of nitrogens with zero attached hydrogens (tertiary/aromatic N) is 4. The van der Waals surface area contributed by atoms with Crippen LogP contribution in [0.2, 0.25) is 0 Å². The maximum Gasteiger partial charge on any atom is 0.326 e. The van der Waals surface area contributed by atoms with E-state index >= 15 is 0 Å². The number of amides is 3. The van der Waals surface area contributed by atoms with Gasteiger partial charge in [0.25, 0.3) is 5.91 Å². The van der Waals surface area contributed by atoms with E-state index in [9.17, 15) is 9.59 Å². The Kier molecular flexibility index (Phi) is 4.34. The molecule has 30 heavy (non-hydrogen) atoms. The first-order valence-electron chi connectivity index (χ1n) is 9.71. The van der Waals surface area contributed by atoms with Crippen molar-refractivity contribution < 1.29 is 9.59 Å². The SMILES string of the molecule is Bc1ccc(CNc2nc(NC3CC3)n3ncc(/C=C4\NC(=O)NC4=O)c3n2)cc1. The van der Waals surface area contributed by atoms with Crippen molar-refractivity contribution in [2.45, 2.75) is 25.4 Å². The van der Waals surface area contributed by atoms with Crippen LogP contribution >= 0.6 is 0 Å². The molecule has 0 unspecified atom stereocenters. The molecule has 3 heterocycles. The Morgan fingerprint density at radius 1 is 1.17 bits per heavy atom. The van der Waals surface area contributed by atoms with Crippen LogP contribution in [0.4, 0.5) is 16.7 Å². The van der Waals surface area contributed by atoms with Crippen LogP contribution in [0.5, 0.6) is 0 Å². The van der Waals surface area contributed by atoms with Gasteiger partial charge in [0.15, 0.2) is 5.65 Å². The number of nitrogens with one attached hydrogen (secondary N) is 4. The minimum absolute atomic E-state index is 0.152. The third-order valence-corrected chi connectivity index (χ3v) is 4.90. The number of imide groups is 1. The molecule has 3 amide bonds. The lowest BCUT2D eigenvalue weighted by atomic mass is 9.95. The molecule has 5 rings (SSSR count). The molecule has 1 aliphatic carbocycles. The standard InChI is InChI=1S/C19H19BN8O2/c20-12-3-1-10(2-4-12)8-21-17-25-15-11(7-14-16(29)26-19(30)24-14)9-22-28(15)18(27-17)23-13-5-6-13/h1-4,7,9,13H,5-6,8,20H2,(H2,21,23,25,27)(H2,24,26,29,30)/b14-7-. The molecule has 0 spiro atoms. The van der Waals surface area contributed by atoms with Crippen LogP contribution in [-0.4, -0.2) is 45.4 Å². The molecule has 1 aromatic carbocycles. The summed E-state index contributed by atoms with van der Waals surface area (Å²) in [5.41, 5.74) is 3.59. The average molecular weight is 402 g/mol. The van der Waals surface area contributed by atoms with E-state index < -0.39 is 11.9 Å². The highest BCUT2D eigenvalue weighted by molar-refractivity contribution is 6.32. The maximum absolute atomic E-state index is 11.9. The van der Waals surface area contributed by atoms with Crippen LogP contribution < -0.4 is 26.7 Å². The van der Waals surface area contributed by atoms with Gasteiger partial charge in [-0.15, -0.1) is 0 Å². The third-order valence-electron chi connectivity index (χ3n) is 4.90. The van der Waals surface area contributed by atoms with Gasteiger partial charge in [-0.1, -0.05) is 29.7 Å². The minimum Gasteiger partial charge on any atom is -0.351 e. The number of hydrogen-bond donors (Lipinski definition) is 4. The number of fused-ring (bicyclic) bond motifs is 1. The summed E-state index contributed by atoms with van der Waals surface area (Å²) in [4.78, 5) is 32.4. The lowest BCUT2D eigenvalue weighted by molar-refractivity contribution is -0.115. The minimum atomic E-state index is -0.547. The van der Waals surface area contributed by atoms with E-state index in [1.54, 1.807) is 16.8 Å². The number of aromatic nitrogens is 4. The zero-order valence-corrected chi connectivity index (χ0v) is 16.3. The summed E-state index contributed by atoms with van der Waals surface area (Å²) in [7, 11) is 2.05. The first kappa shape index (κ1) is 18.2. The first-order valence-corrected chi connectivity index (χ1v) is 9.71. The Morgan fingerprint density at radius 3 is 2.67 bits per heavy atom. The fraction of sp³-hybridized carbons (Fsp3) is 0.211. The Morgan fingerprint density at radius 2 is 1.97 bits per heavy atom. The lowest BCUT2D eigenvalue weighted by Crippen LogP contribution is -2.22. The van der Waals surface area contributed by atoms with Crippen molar-refractivity contribution >= 4 is 48.9 Å². The molecule has 0 bridgehead atoms. The monoisotopic (exact) mass is 402 g/mol. The van der Waals surface area contributed by atoms with Crippen LogP contribution in [0.3, 0.4) is 0 Å². The normalized spacial score (nSPS) is 17.3. The zero-order chi connectivity index (χ0) is 20.7. The summed E-state index contributed by atoms with van der Waals surface area (Å²) in [6.45, 7) is 0.572. The summed E-state index contributed by atoms with van der Waals surface area (Å²) in [6, 6.07) is 8.06. The summed E-state index contributed by atoms with van der Waals surface area (Å²) < 4.78 is 1.61. The molecule has 11 heteroatoms. The zero-order valence-electron chi connectivity index (χ0n) is 16.3. The van der Waals surface area contributed by atoms with Gasteiger partial charge >= 0.3 is 6.03 Å². The highest BCUT2D eigenvalue weighted by Crippen LogP contribution is 2.25. The largest absolute Gasteiger partial charge is 0.351 e. The van der Waals surface area contributed by atoms with Gasteiger partial charge in [0.05, 0.1) is 6.20 Å². The van der Waals surface area contributed by atoms with E-state index in [4.69, 9.17) is 0 Å². The van der Waals surface area contributed by atoms with Crippen molar-refractivity contribution in [3.05, 3.63) is 47.3 Å². The van der Waals surface area contributed by atoms with Crippen molar-refractivity contribution in [1.29, 1.82) is 0 Å². The van der Waals surface area contributed by atoms with Gasteiger partial charge in [-0.05, 0) is 24.5 Å². The van der Waals surface area contributed by atoms with Gasteiger partial charge < -0.3 is 16.0 Å². The van der Waals surface area contributed by atoms with Gasteiger partial charge in [0, 0.05) is 18.2 Å². The van der Waals surface area contributed by atoms with Gasteiger partial charge in [-0.2, -0.15) is 19.6 Å². The predicted molar refractivity (Wildman–Crippen MR) is 114 cm³/mol. The van der Waals surface area contributed by atoms with E-state index in [2.05, 4.69) is 60.6 Å². The van der Waals surface area contributed by atoms with Gasteiger partial charge in [0.1, 0.15) is 13.5 Å². The molecule has 0 atom stereocenters. The van der Waals surface area contributed by atoms with Crippen LogP contribution in [0.25, 0.3) is 11.7 Å². The van der Waals surface area contributed by atoms with E-state index in [1.807, 2.05) is 7.85 Å². The second-order valence-corrected chi connectivity index (χ2v) is 7.43. The number of anilines is 2. The van der Waals surface area contributed by atoms with Crippen LogP contribution in [0, 0.1) is 0 Å². The van der Waals surface area contributed by atoms with E-state index in [0.29, 0.717) is 35.7 Å². The molecular weight excluding hydrogens is 383 g/mol. The molecule has 1 saturated carbocycles.